The van der Waals surface area contributed by atoms with E-state index in [0.29, 0.717) is 18.8 Å². The number of hydrogen-bond acceptors (Lipinski definition) is 3. The number of hydrogen-bond donors (Lipinski definition) is 2. The first kappa shape index (κ1) is 12.9. The summed E-state index contributed by atoms with van der Waals surface area (Å²) in [5, 5.41) is 10.0. The largest absolute Gasteiger partial charge is 0.383 e. The smallest absolute Gasteiger partial charge is 0.269 e. The molecule has 0 radical (unpaired) electrons. The second-order valence-electron chi connectivity index (χ2n) is 4.83. The zero-order valence-corrected chi connectivity index (χ0v) is 11.4. The molecular formula is C15H17N3O2. The van der Waals surface area contributed by atoms with Crippen LogP contribution in [0.2, 0.25) is 0 Å². The molecule has 1 heterocycles. The number of carbonyl (C=O) groups excluding carboxylic acids is 1. The third kappa shape index (κ3) is 2.20. The van der Waals surface area contributed by atoms with Crippen molar-refractivity contribution < 1.29 is 9.53 Å². The number of rotatable bonds is 4. The number of nitrogens with one attached hydrogen (secondary N) is 2. The molecule has 0 aliphatic heterocycles. The molecule has 0 unspecified atom stereocenters. The van der Waals surface area contributed by atoms with Crippen LogP contribution in [0.15, 0.2) is 24.3 Å². The lowest BCUT2D eigenvalue weighted by atomic mass is 9.89. The summed E-state index contributed by atoms with van der Waals surface area (Å²) in [5.74, 6) is -0.116. The highest BCUT2D eigenvalue weighted by Crippen LogP contribution is 2.33. The molecule has 0 bridgehead atoms. The van der Waals surface area contributed by atoms with Crippen LogP contribution in [0.25, 0.3) is 11.3 Å². The number of benzene rings is 1. The fourth-order valence-electron chi connectivity index (χ4n) is 2.60. The predicted octanol–water partition coefficient (Wildman–Crippen LogP) is 1.55. The van der Waals surface area contributed by atoms with E-state index in [4.69, 9.17) is 4.74 Å². The van der Waals surface area contributed by atoms with E-state index in [1.54, 1.807) is 7.11 Å². The second kappa shape index (κ2) is 5.46. The van der Waals surface area contributed by atoms with Gasteiger partial charge < -0.3 is 10.1 Å². The normalized spacial score (nSPS) is 12.7. The molecule has 2 aromatic rings. The summed E-state index contributed by atoms with van der Waals surface area (Å²) in [6.45, 7) is 1.00. The Kier molecular flexibility index (Phi) is 3.52. The first-order valence-electron chi connectivity index (χ1n) is 6.74. The van der Waals surface area contributed by atoms with Crippen LogP contribution in [0.1, 0.15) is 21.6 Å². The molecule has 5 nitrogen and oxygen atoms in total. The van der Waals surface area contributed by atoms with Crippen molar-refractivity contribution in [3.63, 3.8) is 0 Å². The van der Waals surface area contributed by atoms with Crippen LogP contribution in [-0.4, -0.2) is 36.4 Å². The van der Waals surface area contributed by atoms with Gasteiger partial charge in [-0.25, -0.2) is 0 Å². The van der Waals surface area contributed by atoms with Gasteiger partial charge in [0.1, 0.15) is 5.69 Å². The van der Waals surface area contributed by atoms with E-state index >= 15 is 0 Å². The molecule has 1 aliphatic rings. The van der Waals surface area contributed by atoms with Crippen molar-refractivity contribution >= 4 is 5.91 Å². The van der Waals surface area contributed by atoms with Crippen LogP contribution in [0.3, 0.4) is 0 Å². The lowest BCUT2D eigenvalue weighted by Crippen LogP contribution is -2.28. The van der Waals surface area contributed by atoms with Gasteiger partial charge in [-0.05, 0) is 18.4 Å². The molecule has 5 heteroatoms. The summed E-state index contributed by atoms with van der Waals surface area (Å²) < 4.78 is 4.93. The first-order chi connectivity index (χ1) is 9.81. The van der Waals surface area contributed by atoms with Gasteiger partial charge in [-0.15, -0.1) is 0 Å². The summed E-state index contributed by atoms with van der Waals surface area (Å²) in [6.07, 6.45) is 1.79. The Balaban J connectivity index is 1.88. The number of amides is 1. The molecule has 0 atom stereocenters. The zero-order valence-electron chi connectivity index (χ0n) is 11.4. The van der Waals surface area contributed by atoms with Crippen molar-refractivity contribution in [2.45, 2.75) is 12.8 Å². The van der Waals surface area contributed by atoms with E-state index in [2.05, 4.69) is 27.6 Å². The van der Waals surface area contributed by atoms with Gasteiger partial charge in [0, 0.05) is 24.8 Å². The highest BCUT2D eigenvalue weighted by atomic mass is 16.5. The fraction of sp³-hybridized carbons (Fsp3) is 0.333. The highest BCUT2D eigenvalue weighted by Gasteiger charge is 2.24. The predicted molar refractivity (Wildman–Crippen MR) is 75.6 cm³/mol. The van der Waals surface area contributed by atoms with Crippen molar-refractivity contribution in [3.8, 4) is 11.3 Å². The van der Waals surface area contributed by atoms with Crippen molar-refractivity contribution in [2.24, 2.45) is 0 Å². The summed E-state index contributed by atoms with van der Waals surface area (Å²) >= 11 is 0. The van der Waals surface area contributed by atoms with E-state index < -0.39 is 0 Å². The number of aromatic amines is 1. The molecule has 20 heavy (non-hydrogen) atoms. The molecule has 0 fully saturated rings. The second-order valence-corrected chi connectivity index (χ2v) is 4.83. The Morgan fingerprint density at radius 2 is 2.25 bits per heavy atom. The fourth-order valence-corrected chi connectivity index (χ4v) is 2.60. The average Bonchev–Trinajstić information content (AvgIpc) is 2.92. The number of aryl methyl sites for hydroxylation is 1. The Hall–Kier alpha value is -2.14. The third-order valence-electron chi connectivity index (χ3n) is 3.60. The summed E-state index contributed by atoms with van der Waals surface area (Å²) in [5.41, 5.74) is 4.91. The highest BCUT2D eigenvalue weighted by molar-refractivity contribution is 5.96. The van der Waals surface area contributed by atoms with Gasteiger partial charge >= 0.3 is 0 Å². The number of methoxy groups -OCH3 is 1. The van der Waals surface area contributed by atoms with Crippen molar-refractivity contribution in [3.05, 3.63) is 41.1 Å². The molecule has 1 aromatic carbocycles. The number of nitrogens with zero attached hydrogens (tertiary/aromatic N) is 1. The molecule has 1 aliphatic carbocycles. The summed E-state index contributed by atoms with van der Waals surface area (Å²) in [4.78, 5) is 12.1. The third-order valence-corrected chi connectivity index (χ3v) is 3.60. The molecule has 2 N–H and O–H groups in total. The number of carbonyl (C=O) groups is 1. The van der Waals surface area contributed by atoms with Gasteiger partial charge in [0.05, 0.1) is 12.3 Å². The number of fused-ring (bicyclic) bond motifs is 3. The molecule has 1 amide bonds. The SMILES string of the molecule is COCCNC(=O)c1[nH]nc2c1CCc1ccccc1-2. The average molecular weight is 271 g/mol. The Morgan fingerprint density at radius 1 is 1.40 bits per heavy atom. The van der Waals surface area contributed by atoms with E-state index in [1.807, 2.05) is 12.1 Å². The molecular weight excluding hydrogens is 254 g/mol. The van der Waals surface area contributed by atoms with Crippen LogP contribution >= 0.6 is 0 Å². The van der Waals surface area contributed by atoms with Gasteiger partial charge in [-0.3, -0.25) is 9.89 Å². The van der Waals surface area contributed by atoms with E-state index in [9.17, 15) is 4.79 Å². The van der Waals surface area contributed by atoms with Crippen LogP contribution in [0.4, 0.5) is 0 Å². The van der Waals surface area contributed by atoms with E-state index in [-0.39, 0.29) is 5.91 Å². The van der Waals surface area contributed by atoms with Gasteiger partial charge in [-0.2, -0.15) is 5.10 Å². The van der Waals surface area contributed by atoms with Crippen molar-refractivity contribution in [1.29, 1.82) is 0 Å². The van der Waals surface area contributed by atoms with Crippen molar-refractivity contribution in [2.75, 3.05) is 20.3 Å². The molecule has 1 aromatic heterocycles. The maximum Gasteiger partial charge on any atom is 0.269 e. The van der Waals surface area contributed by atoms with Gasteiger partial charge in [0.15, 0.2) is 0 Å². The van der Waals surface area contributed by atoms with E-state index in [0.717, 1.165) is 29.7 Å². The first-order valence-corrected chi connectivity index (χ1v) is 6.74. The van der Waals surface area contributed by atoms with Crippen molar-refractivity contribution in [1.82, 2.24) is 15.5 Å². The Labute approximate surface area is 117 Å². The molecule has 3 rings (SSSR count). The molecule has 104 valence electrons. The summed E-state index contributed by atoms with van der Waals surface area (Å²) in [6, 6.07) is 8.21. The topological polar surface area (TPSA) is 67.0 Å². The van der Waals surface area contributed by atoms with Crippen LogP contribution in [0, 0.1) is 0 Å². The lowest BCUT2D eigenvalue weighted by Gasteiger charge is -2.15. The minimum absolute atomic E-state index is 0.116. The number of ether oxygens (including phenoxy) is 1. The minimum Gasteiger partial charge on any atom is -0.383 e. The maximum absolute atomic E-state index is 12.1. The Bertz CT molecular complexity index is 634. The van der Waals surface area contributed by atoms with Gasteiger partial charge in [0.2, 0.25) is 0 Å². The monoisotopic (exact) mass is 271 g/mol. The van der Waals surface area contributed by atoms with Crippen LogP contribution < -0.4 is 5.32 Å². The van der Waals surface area contributed by atoms with E-state index in [1.165, 1.54) is 5.56 Å². The molecule has 0 spiro atoms. The quantitative estimate of drug-likeness (QED) is 0.829. The number of aromatic nitrogens is 2. The maximum atomic E-state index is 12.1. The standard InChI is InChI=1S/C15H17N3O2/c1-20-9-8-16-15(19)14-12-7-6-10-4-2-3-5-11(10)13(12)17-18-14/h2-5H,6-9H2,1H3,(H,16,19)(H,17,18). The molecule has 0 saturated heterocycles. The lowest BCUT2D eigenvalue weighted by molar-refractivity contribution is 0.0931. The van der Waals surface area contributed by atoms with Gasteiger partial charge in [-0.1, -0.05) is 24.3 Å². The Morgan fingerprint density at radius 3 is 3.10 bits per heavy atom. The summed E-state index contributed by atoms with van der Waals surface area (Å²) in [7, 11) is 1.61. The number of H-pyrrole nitrogens is 1. The van der Waals surface area contributed by atoms with Crippen LogP contribution in [0.5, 0.6) is 0 Å². The van der Waals surface area contributed by atoms with Gasteiger partial charge in [0.25, 0.3) is 5.91 Å². The molecule has 0 saturated carbocycles. The minimum atomic E-state index is -0.116. The van der Waals surface area contributed by atoms with Crippen LogP contribution in [-0.2, 0) is 17.6 Å². The zero-order chi connectivity index (χ0) is 13.9.